The normalized spacial score (nSPS) is 18.4. The summed E-state index contributed by atoms with van der Waals surface area (Å²) in [4.78, 5) is 24.3. The molecule has 7 heteroatoms. The third kappa shape index (κ3) is 3.50. The lowest BCUT2D eigenvalue weighted by Crippen LogP contribution is -2.44. The van der Waals surface area contributed by atoms with Crippen LogP contribution in [0.1, 0.15) is 17.3 Å². The van der Waals surface area contributed by atoms with E-state index in [1.165, 1.54) is 12.1 Å². The number of hydrogen-bond donors (Lipinski definition) is 2. The minimum Gasteiger partial charge on any atom is -0.508 e. The highest BCUT2D eigenvalue weighted by Gasteiger charge is 2.35. The zero-order valence-electron chi connectivity index (χ0n) is 13.3. The zero-order chi connectivity index (χ0) is 18.0. The lowest BCUT2D eigenvalue weighted by molar-refractivity contribution is -0.156. The van der Waals surface area contributed by atoms with Gasteiger partial charge >= 0.3 is 5.97 Å². The first-order valence-electron chi connectivity index (χ1n) is 7.60. The van der Waals surface area contributed by atoms with E-state index in [1.807, 2.05) is 0 Å². The molecule has 0 amide bonds. The van der Waals surface area contributed by atoms with E-state index in [9.17, 15) is 19.8 Å². The molecule has 25 heavy (non-hydrogen) atoms. The number of ketones is 1. The van der Waals surface area contributed by atoms with Crippen LogP contribution in [-0.2, 0) is 9.53 Å². The minimum absolute atomic E-state index is 0.0511. The number of phenols is 2. The molecule has 2 N–H and O–H groups in total. The van der Waals surface area contributed by atoms with E-state index in [-0.39, 0.29) is 17.1 Å². The van der Waals surface area contributed by atoms with Crippen molar-refractivity contribution in [3.05, 3.63) is 48.0 Å². The lowest BCUT2D eigenvalue weighted by atomic mass is 10.1. The smallest absolute Gasteiger partial charge is 0.351 e. The van der Waals surface area contributed by atoms with Crippen LogP contribution in [0.4, 0.5) is 0 Å². The van der Waals surface area contributed by atoms with Crippen LogP contribution in [0.5, 0.6) is 23.0 Å². The number of esters is 1. The molecule has 0 fully saturated rings. The second-order valence-electron chi connectivity index (χ2n) is 5.54. The molecule has 0 radical (unpaired) electrons. The van der Waals surface area contributed by atoms with Crippen molar-refractivity contribution >= 4 is 11.8 Å². The predicted molar refractivity (Wildman–Crippen MR) is 86.0 cm³/mol. The Bertz CT molecular complexity index is 815. The van der Waals surface area contributed by atoms with Crippen LogP contribution in [0.3, 0.4) is 0 Å². The van der Waals surface area contributed by atoms with E-state index >= 15 is 0 Å². The van der Waals surface area contributed by atoms with Gasteiger partial charge in [0.2, 0.25) is 11.9 Å². The maximum absolute atomic E-state index is 12.2. The van der Waals surface area contributed by atoms with Gasteiger partial charge in [0.1, 0.15) is 17.6 Å². The molecule has 3 rings (SSSR count). The number of phenolic OH excluding ortho intramolecular Hbond substituents is 2. The third-order valence-corrected chi connectivity index (χ3v) is 3.70. The largest absolute Gasteiger partial charge is 0.508 e. The van der Waals surface area contributed by atoms with Crippen molar-refractivity contribution in [2.24, 2.45) is 0 Å². The Morgan fingerprint density at radius 2 is 1.76 bits per heavy atom. The second-order valence-corrected chi connectivity index (χ2v) is 5.54. The lowest BCUT2D eigenvalue weighted by Gasteiger charge is -2.30. The number of Topliss-reactive ketones (excluding diaryl/α,β-unsaturated/α-hetero) is 1. The Morgan fingerprint density at radius 3 is 2.44 bits per heavy atom. The topological polar surface area (TPSA) is 102 Å². The van der Waals surface area contributed by atoms with E-state index in [0.717, 1.165) is 6.07 Å². The summed E-state index contributed by atoms with van der Waals surface area (Å²) in [6.45, 7) is 1.10. The first kappa shape index (κ1) is 16.6. The molecule has 1 heterocycles. The highest BCUT2D eigenvalue weighted by molar-refractivity contribution is 6.00. The Morgan fingerprint density at radius 1 is 1.08 bits per heavy atom. The van der Waals surface area contributed by atoms with Crippen LogP contribution in [0.15, 0.2) is 42.5 Å². The molecule has 0 spiro atoms. The molecule has 2 aromatic carbocycles. The van der Waals surface area contributed by atoms with Crippen LogP contribution in [0, 0.1) is 0 Å². The van der Waals surface area contributed by atoms with Crippen molar-refractivity contribution in [3.8, 4) is 23.0 Å². The number of aromatic hydroxyl groups is 2. The van der Waals surface area contributed by atoms with Gasteiger partial charge in [-0.15, -0.1) is 0 Å². The maximum atomic E-state index is 12.2. The van der Waals surface area contributed by atoms with Gasteiger partial charge in [-0.3, -0.25) is 4.79 Å². The number of carbonyl (C=O) groups is 2. The molecule has 0 aliphatic carbocycles. The summed E-state index contributed by atoms with van der Waals surface area (Å²) in [6.07, 6.45) is -1.59. The molecule has 0 saturated carbocycles. The molecule has 2 aromatic rings. The van der Waals surface area contributed by atoms with Crippen molar-refractivity contribution in [2.45, 2.75) is 19.1 Å². The summed E-state index contributed by atoms with van der Waals surface area (Å²) in [5.41, 5.74) is -0.0511. The van der Waals surface area contributed by atoms with E-state index in [0.29, 0.717) is 11.5 Å². The van der Waals surface area contributed by atoms with Gasteiger partial charge in [0, 0.05) is 6.07 Å². The molecule has 0 unspecified atom stereocenters. The number of hydrogen-bond acceptors (Lipinski definition) is 7. The van der Waals surface area contributed by atoms with E-state index in [1.54, 1.807) is 31.2 Å². The molecule has 0 aromatic heterocycles. The average molecular weight is 344 g/mol. The fraction of sp³-hybridized carbons (Fsp3) is 0.222. The Kier molecular flexibility index (Phi) is 4.47. The van der Waals surface area contributed by atoms with E-state index in [4.69, 9.17) is 14.2 Å². The van der Waals surface area contributed by atoms with Crippen LogP contribution >= 0.6 is 0 Å². The highest BCUT2D eigenvalue weighted by Crippen LogP contribution is 2.33. The van der Waals surface area contributed by atoms with Crippen LogP contribution in [0.2, 0.25) is 0 Å². The number of ether oxygens (including phenoxy) is 3. The summed E-state index contributed by atoms with van der Waals surface area (Å²) in [6, 6.07) is 10.5. The molecule has 2 atom stereocenters. The molecule has 130 valence electrons. The standard InChI is InChI=1S/C18H16O7/c1-10-17(25-16-5-3-2-4-15(16)24-10)18(22)23-9-14(21)12-7-6-11(19)8-13(12)20/h2-8,10,17,19-20H,9H2,1H3/t10-,17+/m0/s1. The van der Waals surface area contributed by atoms with Gasteiger partial charge in [0.25, 0.3) is 0 Å². The van der Waals surface area contributed by atoms with Gasteiger partial charge < -0.3 is 24.4 Å². The number of carbonyl (C=O) groups excluding carboxylic acids is 2. The van der Waals surface area contributed by atoms with Crippen molar-refractivity contribution in [1.82, 2.24) is 0 Å². The fourth-order valence-electron chi connectivity index (χ4n) is 2.43. The van der Waals surface area contributed by atoms with Gasteiger partial charge in [0.05, 0.1) is 5.56 Å². The van der Waals surface area contributed by atoms with E-state index < -0.39 is 30.6 Å². The summed E-state index contributed by atoms with van der Waals surface area (Å²) < 4.78 is 16.2. The Balaban J connectivity index is 1.64. The van der Waals surface area contributed by atoms with Gasteiger partial charge in [-0.2, -0.15) is 0 Å². The minimum atomic E-state index is -1.00. The van der Waals surface area contributed by atoms with Crippen molar-refractivity contribution < 1.29 is 34.0 Å². The molecule has 1 aliphatic rings. The third-order valence-electron chi connectivity index (χ3n) is 3.70. The first-order chi connectivity index (χ1) is 12.0. The summed E-state index contributed by atoms with van der Waals surface area (Å²) in [5.74, 6) is -0.953. The summed E-state index contributed by atoms with van der Waals surface area (Å²) >= 11 is 0. The van der Waals surface area contributed by atoms with Gasteiger partial charge in [0.15, 0.2) is 18.1 Å². The molecule has 0 saturated heterocycles. The fourth-order valence-corrected chi connectivity index (χ4v) is 2.43. The quantitative estimate of drug-likeness (QED) is 0.646. The summed E-state index contributed by atoms with van der Waals surface area (Å²) in [5, 5.41) is 18.9. The van der Waals surface area contributed by atoms with Crippen molar-refractivity contribution in [1.29, 1.82) is 0 Å². The zero-order valence-corrected chi connectivity index (χ0v) is 13.3. The van der Waals surface area contributed by atoms with Crippen LogP contribution in [-0.4, -0.2) is 40.8 Å². The average Bonchev–Trinajstić information content (AvgIpc) is 2.58. The molecular formula is C18H16O7. The number of para-hydroxylation sites is 2. The van der Waals surface area contributed by atoms with Crippen molar-refractivity contribution in [3.63, 3.8) is 0 Å². The van der Waals surface area contributed by atoms with Gasteiger partial charge in [-0.05, 0) is 31.2 Å². The monoisotopic (exact) mass is 344 g/mol. The number of benzene rings is 2. The summed E-state index contributed by atoms with van der Waals surface area (Å²) in [7, 11) is 0. The van der Waals surface area contributed by atoms with Gasteiger partial charge in [-0.1, -0.05) is 12.1 Å². The van der Waals surface area contributed by atoms with Crippen LogP contribution < -0.4 is 9.47 Å². The number of fused-ring (bicyclic) bond motifs is 1. The van der Waals surface area contributed by atoms with Crippen LogP contribution in [0.25, 0.3) is 0 Å². The highest BCUT2D eigenvalue weighted by atomic mass is 16.6. The maximum Gasteiger partial charge on any atom is 0.351 e. The second kappa shape index (κ2) is 6.72. The van der Waals surface area contributed by atoms with Gasteiger partial charge in [-0.25, -0.2) is 4.79 Å². The van der Waals surface area contributed by atoms with Crippen molar-refractivity contribution in [2.75, 3.05) is 6.61 Å². The molecule has 7 nitrogen and oxygen atoms in total. The Labute approximate surface area is 143 Å². The first-order valence-corrected chi connectivity index (χ1v) is 7.60. The Hall–Kier alpha value is -3.22. The molecule has 1 aliphatic heterocycles. The SMILES string of the molecule is C[C@@H]1Oc2ccccc2O[C@H]1C(=O)OCC(=O)c1ccc(O)cc1O. The number of rotatable bonds is 4. The predicted octanol–water partition coefficient (Wildman–Crippen LogP) is 2.05. The van der Waals surface area contributed by atoms with E-state index in [2.05, 4.69) is 0 Å². The molecule has 0 bridgehead atoms. The molecular weight excluding hydrogens is 328 g/mol.